The first-order chi connectivity index (χ1) is 13.6. The molecule has 0 unspecified atom stereocenters. The van der Waals surface area contributed by atoms with Gasteiger partial charge in [0.1, 0.15) is 5.75 Å². The zero-order chi connectivity index (χ0) is 22.6. The zero-order valence-electron chi connectivity index (χ0n) is 21.0. The molecule has 0 atom stereocenters. The van der Waals surface area contributed by atoms with Crippen molar-refractivity contribution in [1.29, 1.82) is 0 Å². The molecule has 0 aromatic heterocycles. The summed E-state index contributed by atoms with van der Waals surface area (Å²) in [5.74, 6) is 1.03. The van der Waals surface area contributed by atoms with Gasteiger partial charge < -0.3 is 4.74 Å². The molecule has 2 aromatic rings. The summed E-state index contributed by atoms with van der Waals surface area (Å²) in [5, 5.41) is 0. The molecule has 0 radical (unpaired) electrons. The van der Waals surface area contributed by atoms with Crippen molar-refractivity contribution in [3.8, 4) is 16.9 Å². The summed E-state index contributed by atoms with van der Waals surface area (Å²) in [7, 11) is 1.83. The Kier molecular flexibility index (Phi) is 5.51. The average Bonchev–Trinajstić information content (AvgIpc) is 2.97. The summed E-state index contributed by atoms with van der Waals surface area (Å²) >= 11 is 0. The van der Waals surface area contributed by atoms with Crippen LogP contribution in [0.3, 0.4) is 0 Å². The molecule has 0 fully saturated rings. The van der Waals surface area contributed by atoms with Crippen molar-refractivity contribution in [2.45, 2.75) is 91.9 Å². The molecule has 1 aliphatic rings. The van der Waals surface area contributed by atoms with Gasteiger partial charge in [0.2, 0.25) is 0 Å². The Balaban J connectivity index is 2.45. The highest BCUT2D eigenvalue weighted by Crippen LogP contribution is 2.49. The molecule has 0 bridgehead atoms. The van der Waals surface area contributed by atoms with Gasteiger partial charge in [-0.3, -0.25) is 0 Å². The van der Waals surface area contributed by atoms with Crippen LogP contribution in [0.4, 0.5) is 0 Å². The summed E-state index contributed by atoms with van der Waals surface area (Å²) in [6.07, 6.45) is 3.39. The van der Waals surface area contributed by atoms with Crippen molar-refractivity contribution < 1.29 is 4.74 Å². The fraction of sp³-hybridized carbons (Fsp3) is 0.517. The van der Waals surface area contributed by atoms with Crippen molar-refractivity contribution >= 4 is 6.08 Å². The van der Waals surface area contributed by atoms with Crippen LogP contribution < -0.4 is 4.74 Å². The Hall–Kier alpha value is -2.02. The molecule has 0 spiro atoms. The van der Waals surface area contributed by atoms with Gasteiger partial charge in [-0.1, -0.05) is 98.2 Å². The Morgan fingerprint density at radius 3 is 1.87 bits per heavy atom. The molecule has 2 aromatic carbocycles. The monoisotopic (exact) mass is 404 g/mol. The van der Waals surface area contributed by atoms with E-state index >= 15 is 0 Å². The van der Waals surface area contributed by atoms with Crippen molar-refractivity contribution in [1.82, 2.24) is 0 Å². The number of hydrogen-bond acceptors (Lipinski definition) is 1. The average molecular weight is 405 g/mol. The van der Waals surface area contributed by atoms with Gasteiger partial charge in [-0.25, -0.2) is 0 Å². The highest BCUT2D eigenvalue weighted by atomic mass is 16.5. The van der Waals surface area contributed by atoms with E-state index in [0.29, 0.717) is 0 Å². The minimum Gasteiger partial charge on any atom is -0.496 e. The molecule has 0 saturated heterocycles. The maximum absolute atomic E-state index is 6.15. The number of allylic oxidation sites excluding steroid dienone is 1. The zero-order valence-corrected chi connectivity index (χ0v) is 21.0. The summed E-state index contributed by atoms with van der Waals surface area (Å²) in [5.41, 5.74) is 11.0. The smallest absolute Gasteiger partial charge is 0.131 e. The van der Waals surface area contributed by atoms with E-state index in [0.717, 1.165) is 12.2 Å². The second-order valence-corrected chi connectivity index (χ2v) is 12.1. The lowest BCUT2D eigenvalue weighted by molar-refractivity contribution is 0.399. The van der Waals surface area contributed by atoms with E-state index in [2.05, 4.69) is 99.6 Å². The molecule has 1 heteroatoms. The predicted molar refractivity (Wildman–Crippen MR) is 132 cm³/mol. The number of fused-ring (bicyclic) bond motifs is 1. The van der Waals surface area contributed by atoms with Crippen LogP contribution in [0.5, 0.6) is 5.75 Å². The lowest BCUT2D eigenvalue weighted by Crippen LogP contribution is -2.18. The van der Waals surface area contributed by atoms with E-state index in [4.69, 9.17) is 4.74 Å². The van der Waals surface area contributed by atoms with Crippen molar-refractivity contribution in [2.24, 2.45) is 0 Å². The molecular formula is C29H40O. The Morgan fingerprint density at radius 2 is 1.37 bits per heavy atom. The molecule has 0 amide bonds. The SMILES string of the molecule is COc1c(C(C)(C)C)cc2c(c1-c1ccc(C(C)(C)C)cc1C(C)(C)C)C=C(C)C2. The highest BCUT2D eigenvalue weighted by Gasteiger charge is 2.31. The summed E-state index contributed by atoms with van der Waals surface area (Å²) in [6.45, 7) is 22.9. The van der Waals surface area contributed by atoms with Gasteiger partial charge in [0.05, 0.1) is 7.11 Å². The van der Waals surface area contributed by atoms with E-state index in [1.165, 1.54) is 44.5 Å². The molecule has 30 heavy (non-hydrogen) atoms. The van der Waals surface area contributed by atoms with Gasteiger partial charge in [0.25, 0.3) is 0 Å². The van der Waals surface area contributed by atoms with Crippen molar-refractivity contribution in [3.63, 3.8) is 0 Å². The summed E-state index contributed by atoms with van der Waals surface area (Å²) < 4.78 is 6.15. The van der Waals surface area contributed by atoms with Crippen LogP contribution in [0.2, 0.25) is 0 Å². The van der Waals surface area contributed by atoms with E-state index < -0.39 is 0 Å². The minimum atomic E-state index is 0.0128. The minimum absolute atomic E-state index is 0.0128. The van der Waals surface area contributed by atoms with Gasteiger partial charge in [-0.2, -0.15) is 0 Å². The molecule has 0 N–H and O–H groups in total. The summed E-state index contributed by atoms with van der Waals surface area (Å²) in [6, 6.07) is 9.46. The van der Waals surface area contributed by atoms with Crippen molar-refractivity contribution in [3.05, 3.63) is 57.7 Å². The normalized spacial score (nSPS) is 14.6. The fourth-order valence-corrected chi connectivity index (χ4v) is 4.53. The van der Waals surface area contributed by atoms with Gasteiger partial charge in [0.15, 0.2) is 0 Å². The Morgan fingerprint density at radius 1 is 0.767 bits per heavy atom. The molecule has 1 nitrogen and oxygen atoms in total. The third-order valence-corrected chi connectivity index (χ3v) is 6.24. The van der Waals surface area contributed by atoms with E-state index in [-0.39, 0.29) is 16.2 Å². The van der Waals surface area contributed by atoms with Crippen LogP contribution in [-0.4, -0.2) is 7.11 Å². The number of hydrogen-bond donors (Lipinski definition) is 0. The molecular weight excluding hydrogens is 364 g/mol. The largest absolute Gasteiger partial charge is 0.496 e. The molecule has 1 aliphatic carbocycles. The highest BCUT2D eigenvalue weighted by molar-refractivity contribution is 5.88. The number of ether oxygens (including phenoxy) is 1. The maximum atomic E-state index is 6.15. The lowest BCUT2D eigenvalue weighted by atomic mass is 9.75. The number of rotatable bonds is 2. The standard InChI is InChI=1S/C29H40O/c1-18-14-19-16-24(29(8,9)10)26(30-11)25(22(19)15-18)21-13-12-20(27(2,3)4)17-23(21)28(5,6)7/h12-13,15-17H,14H2,1-11H3. The third-order valence-electron chi connectivity index (χ3n) is 6.24. The van der Waals surface area contributed by atoms with Crippen LogP contribution in [-0.2, 0) is 22.7 Å². The quantitative estimate of drug-likeness (QED) is 0.490. The maximum Gasteiger partial charge on any atom is 0.131 e. The third kappa shape index (κ3) is 4.09. The van der Waals surface area contributed by atoms with Crippen LogP contribution in [0.15, 0.2) is 29.8 Å². The van der Waals surface area contributed by atoms with Crippen LogP contribution in [0, 0.1) is 0 Å². The van der Waals surface area contributed by atoms with Crippen LogP contribution in [0.1, 0.15) is 97.1 Å². The van der Waals surface area contributed by atoms with Gasteiger partial charge in [-0.15, -0.1) is 0 Å². The molecule has 0 heterocycles. The van der Waals surface area contributed by atoms with Gasteiger partial charge in [0, 0.05) is 11.1 Å². The van der Waals surface area contributed by atoms with E-state index in [1.807, 2.05) is 7.11 Å². The van der Waals surface area contributed by atoms with Crippen LogP contribution >= 0.6 is 0 Å². The second kappa shape index (κ2) is 7.29. The molecule has 3 rings (SSSR count). The fourth-order valence-electron chi connectivity index (χ4n) is 4.53. The van der Waals surface area contributed by atoms with Crippen LogP contribution in [0.25, 0.3) is 17.2 Å². The van der Waals surface area contributed by atoms with Gasteiger partial charge in [-0.05, 0) is 57.4 Å². The summed E-state index contributed by atoms with van der Waals surface area (Å²) in [4.78, 5) is 0. The first-order valence-corrected chi connectivity index (χ1v) is 11.2. The topological polar surface area (TPSA) is 9.23 Å². The Labute approximate surface area is 184 Å². The van der Waals surface area contributed by atoms with Crippen molar-refractivity contribution in [2.75, 3.05) is 7.11 Å². The number of benzene rings is 2. The lowest BCUT2D eigenvalue weighted by Gasteiger charge is -2.31. The van der Waals surface area contributed by atoms with Gasteiger partial charge >= 0.3 is 0 Å². The molecule has 0 aliphatic heterocycles. The predicted octanol–water partition coefficient (Wildman–Crippen LogP) is 8.21. The van der Waals surface area contributed by atoms with E-state index in [1.54, 1.807) is 0 Å². The number of methoxy groups -OCH3 is 1. The second-order valence-electron chi connectivity index (χ2n) is 12.1. The van der Waals surface area contributed by atoms with E-state index in [9.17, 15) is 0 Å². The molecule has 0 saturated carbocycles. The first-order valence-electron chi connectivity index (χ1n) is 11.2. The molecule has 162 valence electrons. The first kappa shape index (κ1) is 22.7. The Bertz CT molecular complexity index is 999.